The third-order valence-corrected chi connectivity index (χ3v) is 5.82. The predicted octanol–water partition coefficient (Wildman–Crippen LogP) is 4.99. The third-order valence-electron chi connectivity index (χ3n) is 5.32. The second kappa shape index (κ2) is 12.6. The molecule has 4 atom stereocenters. The molecule has 0 amide bonds. The number of halogens is 1. The molecule has 1 radical (unpaired) electrons. The first-order chi connectivity index (χ1) is 12.5. The molecule has 1 aliphatic carbocycles. The summed E-state index contributed by atoms with van der Waals surface area (Å²) < 4.78 is 11.3. The Morgan fingerprint density at radius 1 is 1.22 bits per heavy atom. The minimum absolute atomic E-state index is 0. The van der Waals surface area contributed by atoms with Gasteiger partial charge < -0.3 is 21.5 Å². The first kappa shape index (κ1) is 25.1. The second-order valence-electron chi connectivity index (χ2n) is 7.28. The summed E-state index contributed by atoms with van der Waals surface area (Å²) in [6, 6.07) is 4.09. The number of unbranched alkanes of at least 4 members (excludes halogenated alkanes) is 1. The van der Waals surface area contributed by atoms with Crippen LogP contribution in [-0.2, 0) is 44.1 Å². The largest absolute Gasteiger partial charge is 0.493 e. The summed E-state index contributed by atoms with van der Waals surface area (Å²) in [6.45, 7) is 9.09. The predicted molar refractivity (Wildman–Crippen MR) is 108 cm³/mol. The van der Waals surface area contributed by atoms with Crippen LogP contribution < -0.4 is 4.74 Å². The Balaban J connectivity index is 0.00000364. The van der Waals surface area contributed by atoms with Crippen molar-refractivity contribution in [3.8, 4) is 5.75 Å². The van der Waals surface area contributed by atoms with Crippen molar-refractivity contribution in [3.05, 3.63) is 47.9 Å². The monoisotopic (exact) mass is 468 g/mol. The van der Waals surface area contributed by atoms with Crippen molar-refractivity contribution in [1.82, 2.24) is 0 Å². The minimum atomic E-state index is -0.404. The summed E-state index contributed by atoms with van der Waals surface area (Å²) in [6.07, 6.45) is 7.32. The maximum atomic E-state index is 10.4. The molecule has 1 N–H and O–H groups in total. The van der Waals surface area contributed by atoms with Crippen LogP contribution in [-0.4, -0.2) is 30.3 Å². The summed E-state index contributed by atoms with van der Waals surface area (Å²) in [7, 11) is 1.71. The van der Waals surface area contributed by atoms with E-state index < -0.39 is 6.10 Å². The number of benzene rings is 1. The fourth-order valence-corrected chi connectivity index (χ4v) is 4.25. The van der Waals surface area contributed by atoms with Gasteiger partial charge in [0.15, 0.2) is 0 Å². The number of hydrogen-bond donors (Lipinski definition) is 1. The smallest absolute Gasteiger partial charge is 0.119 e. The molecule has 0 aromatic heterocycles. The van der Waals surface area contributed by atoms with Crippen LogP contribution in [0.2, 0.25) is 0 Å². The van der Waals surface area contributed by atoms with E-state index in [-0.39, 0.29) is 49.9 Å². The van der Waals surface area contributed by atoms with E-state index in [0.717, 1.165) is 36.1 Å². The van der Waals surface area contributed by atoms with Crippen LogP contribution in [0.4, 0.5) is 0 Å². The maximum Gasteiger partial charge on any atom is 0.119 e. The van der Waals surface area contributed by atoms with E-state index in [1.165, 1.54) is 5.56 Å². The van der Waals surface area contributed by atoms with Gasteiger partial charge >= 0.3 is 0 Å². The molecular weight excluding hydrogens is 437 g/mol. The van der Waals surface area contributed by atoms with Gasteiger partial charge in [-0.05, 0) is 61.4 Å². The van der Waals surface area contributed by atoms with Gasteiger partial charge in [0.1, 0.15) is 5.75 Å². The fourth-order valence-electron chi connectivity index (χ4n) is 3.78. The topological polar surface area (TPSA) is 38.7 Å². The molecule has 0 heterocycles. The van der Waals surface area contributed by atoms with Crippen LogP contribution in [0.5, 0.6) is 5.75 Å². The van der Waals surface area contributed by atoms with Crippen LogP contribution in [0.15, 0.2) is 24.3 Å². The van der Waals surface area contributed by atoms with E-state index >= 15 is 0 Å². The van der Waals surface area contributed by atoms with E-state index in [4.69, 9.17) is 21.1 Å². The van der Waals surface area contributed by atoms with Gasteiger partial charge in [0.05, 0.1) is 19.3 Å². The minimum Gasteiger partial charge on any atom is -0.493 e. The summed E-state index contributed by atoms with van der Waals surface area (Å²) in [5.74, 6) is 1.14. The van der Waals surface area contributed by atoms with Crippen molar-refractivity contribution in [3.63, 3.8) is 0 Å². The third kappa shape index (κ3) is 7.12. The van der Waals surface area contributed by atoms with Gasteiger partial charge in [-0.15, -0.1) is 11.6 Å². The van der Waals surface area contributed by atoms with Gasteiger partial charge in [-0.25, -0.2) is 0 Å². The number of rotatable bonds is 9. The average molecular weight is 469 g/mol. The zero-order valence-electron chi connectivity index (χ0n) is 16.8. The number of alkyl halides is 1. The molecule has 3 nitrogen and oxygen atoms in total. The number of hydrogen-bond acceptors (Lipinski definition) is 3. The molecule has 0 unspecified atom stereocenters. The van der Waals surface area contributed by atoms with E-state index in [2.05, 4.69) is 32.9 Å². The first-order valence-corrected chi connectivity index (χ1v) is 9.89. The molecule has 0 spiro atoms. The Morgan fingerprint density at radius 2 is 1.89 bits per heavy atom. The molecule has 0 bridgehead atoms. The number of aryl methyl sites for hydroxylation is 2. The van der Waals surface area contributed by atoms with Crippen molar-refractivity contribution in [1.29, 1.82) is 0 Å². The molecule has 0 aliphatic heterocycles. The van der Waals surface area contributed by atoms with Gasteiger partial charge in [0, 0.05) is 51.1 Å². The van der Waals surface area contributed by atoms with Gasteiger partial charge in [-0.2, -0.15) is 6.42 Å². The van der Waals surface area contributed by atoms with Crippen molar-refractivity contribution in [2.24, 2.45) is 11.8 Å². The average Bonchev–Trinajstić information content (AvgIpc) is 2.86. The molecule has 0 saturated heterocycles. The number of aliphatic hydroxyl groups excluding tert-OH is 1. The Labute approximate surface area is 194 Å². The number of allylic oxidation sites excluding steroid dienone is 2. The first-order valence-electron chi connectivity index (χ1n) is 9.46. The molecule has 1 aromatic carbocycles. The molecule has 1 fully saturated rings. The SMILES string of the molecule is [CH2-]CC/C=C\C[C@@H]1[C@@H](COc2cc(C)c(COC)c(C)c2)[C@H](O)C[C@H]1Cl.[Y]. The van der Waals surface area contributed by atoms with E-state index in [9.17, 15) is 5.11 Å². The number of methoxy groups -OCH3 is 1. The van der Waals surface area contributed by atoms with E-state index in [1.54, 1.807) is 7.11 Å². The molecule has 149 valence electrons. The van der Waals surface area contributed by atoms with Crippen LogP contribution in [0.1, 0.15) is 42.4 Å². The Morgan fingerprint density at radius 3 is 2.48 bits per heavy atom. The van der Waals surface area contributed by atoms with Gasteiger partial charge in [0.2, 0.25) is 0 Å². The second-order valence-corrected chi connectivity index (χ2v) is 7.84. The molecule has 1 saturated carbocycles. The van der Waals surface area contributed by atoms with Crippen molar-refractivity contribution < 1.29 is 47.3 Å². The normalized spacial score (nSPS) is 25.0. The summed E-state index contributed by atoms with van der Waals surface area (Å²) >= 11 is 6.49. The summed E-state index contributed by atoms with van der Waals surface area (Å²) in [4.78, 5) is 0. The molecule has 1 aliphatic rings. The maximum absolute atomic E-state index is 10.4. The van der Waals surface area contributed by atoms with Crippen LogP contribution in [0.3, 0.4) is 0 Å². The zero-order chi connectivity index (χ0) is 19.1. The molecule has 1 aromatic rings. The fraction of sp³-hybridized carbons (Fsp3) is 0.591. The van der Waals surface area contributed by atoms with Crippen LogP contribution in [0, 0.1) is 32.6 Å². The Hall–Kier alpha value is 0.0739. The quantitative estimate of drug-likeness (QED) is 0.315. The summed E-state index contributed by atoms with van der Waals surface area (Å²) in [5.41, 5.74) is 3.53. The molecular formula is C22H32ClO3Y-. The number of ether oxygens (including phenoxy) is 2. The number of aliphatic hydroxyl groups is 1. The van der Waals surface area contributed by atoms with E-state index in [0.29, 0.717) is 19.6 Å². The zero-order valence-corrected chi connectivity index (χ0v) is 20.4. The molecule has 27 heavy (non-hydrogen) atoms. The van der Waals surface area contributed by atoms with Crippen molar-refractivity contribution >= 4 is 11.6 Å². The van der Waals surface area contributed by atoms with Crippen molar-refractivity contribution in [2.75, 3.05) is 13.7 Å². The Bertz CT molecular complexity index is 582. The summed E-state index contributed by atoms with van der Waals surface area (Å²) in [5, 5.41) is 10.4. The Kier molecular flexibility index (Phi) is 11.7. The van der Waals surface area contributed by atoms with E-state index in [1.807, 2.05) is 12.1 Å². The molecule has 5 heteroatoms. The van der Waals surface area contributed by atoms with Crippen LogP contribution in [0.25, 0.3) is 0 Å². The van der Waals surface area contributed by atoms with Gasteiger partial charge in [0.25, 0.3) is 0 Å². The van der Waals surface area contributed by atoms with Crippen molar-refractivity contribution in [2.45, 2.75) is 57.6 Å². The molecule has 2 rings (SSSR count). The van der Waals surface area contributed by atoms with Crippen LogP contribution >= 0.6 is 11.6 Å². The van der Waals surface area contributed by atoms with Gasteiger partial charge in [-0.3, -0.25) is 0 Å². The standard InChI is InChI=1S/C22H32ClO3.Y/c1-5-6-7-8-9-18-20(22(24)12-21(18)23)14-26-17-10-15(2)19(13-25-4)16(3)11-17;/h7-8,10-11,18,20-22,24H,1,5-6,9,12-14H2,2-4H3;/q-1;/b8-7-;/t18-,20-,21-,22-;/m1./s1. The van der Waals surface area contributed by atoms with Gasteiger partial charge in [-0.1, -0.05) is 18.6 Å².